The summed E-state index contributed by atoms with van der Waals surface area (Å²) in [5.74, 6) is -0.919. The van der Waals surface area contributed by atoms with Crippen LogP contribution in [0, 0.1) is 0 Å². The topological polar surface area (TPSA) is 40.5 Å². The number of carbonyl (C=O) groups is 1. The number of hydrogen-bond acceptors (Lipinski definition) is 2. The first-order valence-corrected chi connectivity index (χ1v) is 5.25. The molecular formula is C9H16BrNO2. The van der Waals surface area contributed by atoms with Crippen LogP contribution in [0.1, 0.15) is 26.7 Å². The molecule has 4 heteroatoms. The lowest BCUT2D eigenvalue weighted by molar-refractivity contribution is -0.131. The van der Waals surface area contributed by atoms with E-state index >= 15 is 0 Å². The molecule has 0 atom stereocenters. The van der Waals surface area contributed by atoms with Crippen molar-refractivity contribution in [3.63, 3.8) is 0 Å². The van der Waals surface area contributed by atoms with E-state index in [9.17, 15) is 4.79 Å². The molecule has 0 heterocycles. The lowest BCUT2D eigenvalue weighted by Gasteiger charge is -2.18. The molecule has 0 aliphatic heterocycles. The summed E-state index contributed by atoms with van der Waals surface area (Å²) in [6.07, 6.45) is 3.70. The van der Waals surface area contributed by atoms with Gasteiger partial charge in [-0.2, -0.15) is 0 Å². The van der Waals surface area contributed by atoms with Gasteiger partial charge in [0.05, 0.1) is 0 Å². The average molecular weight is 250 g/mol. The van der Waals surface area contributed by atoms with Crippen LogP contribution in [0.3, 0.4) is 0 Å². The van der Waals surface area contributed by atoms with Gasteiger partial charge in [-0.1, -0.05) is 13.8 Å². The van der Waals surface area contributed by atoms with Crippen molar-refractivity contribution < 1.29 is 9.90 Å². The van der Waals surface area contributed by atoms with E-state index in [2.05, 4.69) is 29.8 Å². The Bertz CT molecular complexity index is 186. The summed E-state index contributed by atoms with van der Waals surface area (Å²) in [6.45, 7) is 5.95. The molecular weight excluding hydrogens is 234 g/mol. The average Bonchev–Trinajstić information content (AvgIpc) is 2.05. The third-order valence-electron chi connectivity index (χ3n) is 1.52. The molecule has 0 rings (SSSR count). The Labute approximate surface area is 87.6 Å². The molecule has 0 aromatic heterocycles. The van der Waals surface area contributed by atoms with Gasteiger partial charge >= 0.3 is 5.97 Å². The van der Waals surface area contributed by atoms with Gasteiger partial charge in [0.25, 0.3) is 0 Å². The van der Waals surface area contributed by atoms with Crippen molar-refractivity contribution in [1.82, 2.24) is 4.90 Å². The summed E-state index contributed by atoms with van der Waals surface area (Å²) >= 11 is 3.00. The minimum absolute atomic E-state index is 0.217. The molecule has 0 spiro atoms. The molecule has 76 valence electrons. The molecule has 0 aliphatic rings. The van der Waals surface area contributed by atoms with Crippen molar-refractivity contribution in [3.8, 4) is 0 Å². The van der Waals surface area contributed by atoms with E-state index in [1.165, 1.54) is 0 Å². The second-order valence-corrected chi connectivity index (χ2v) is 3.67. The van der Waals surface area contributed by atoms with Crippen LogP contribution in [0.25, 0.3) is 0 Å². The standard InChI is InChI=1S/C9H16BrNO2/c1-3-5-11(6-4-2)7-8(10)9(12)13/h7H,3-6H2,1-2H3,(H,12,13)/b8-7-. The molecule has 13 heavy (non-hydrogen) atoms. The van der Waals surface area contributed by atoms with Gasteiger partial charge in [0.2, 0.25) is 0 Å². The minimum Gasteiger partial charge on any atom is -0.477 e. The normalized spacial score (nSPS) is 11.5. The van der Waals surface area contributed by atoms with Gasteiger partial charge in [-0.15, -0.1) is 0 Å². The van der Waals surface area contributed by atoms with E-state index in [-0.39, 0.29) is 4.48 Å². The molecule has 0 fully saturated rings. The van der Waals surface area contributed by atoms with Crippen LogP contribution in [0.4, 0.5) is 0 Å². The van der Waals surface area contributed by atoms with E-state index < -0.39 is 5.97 Å². The molecule has 0 amide bonds. The first kappa shape index (κ1) is 12.5. The quantitative estimate of drug-likeness (QED) is 0.736. The summed E-state index contributed by atoms with van der Waals surface area (Å²) in [7, 11) is 0. The Hall–Kier alpha value is -0.510. The van der Waals surface area contributed by atoms with Crippen LogP contribution < -0.4 is 0 Å². The van der Waals surface area contributed by atoms with E-state index in [1.54, 1.807) is 6.20 Å². The zero-order valence-corrected chi connectivity index (χ0v) is 9.67. The first-order valence-electron chi connectivity index (χ1n) is 4.46. The zero-order chi connectivity index (χ0) is 10.3. The Morgan fingerprint density at radius 3 is 2.15 bits per heavy atom. The van der Waals surface area contributed by atoms with Gasteiger partial charge in [-0.05, 0) is 28.8 Å². The molecule has 1 N–H and O–H groups in total. The Balaban J connectivity index is 4.20. The predicted molar refractivity (Wildman–Crippen MR) is 56.8 cm³/mol. The van der Waals surface area contributed by atoms with Gasteiger partial charge in [0, 0.05) is 19.3 Å². The zero-order valence-electron chi connectivity index (χ0n) is 8.09. The van der Waals surface area contributed by atoms with Crippen LogP contribution in [-0.2, 0) is 4.79 Å². The largest absolute Gasteiger partial charge is 0.477 e. The highest BCUT2D eigenvalue weighted by molar-refractivity contribution is 9.12. The maximum absolute atomic E-state index is 10.5. The number of carboxylic acid groups (broad SMARTS) is 1. The number of aliphatic carboxylic acids is 1. The summed E-state index contributed by atoms with van der Waals surface area (Å²) in [4.78, 5) is 12.5. The maximum atomic E-state index is 10.5. The molecule has 0 bridgehead atoms. The van der Waals surface area contributed by atoms with Crippen molar-refractivity contribution in [1.29, 1.82) is 0 Å². The third kappa shape index (κ3) is 5.69. The maximum Gasteiger partial charge on any atom is 0.344 e. The molecule has 0 radical (unpaired) electrons. The van der Waals surface area contributed by atoms with Crippen LogP contribution in [-0.4, -0.2) is 29.1 Å². The van der Waals surface area contributed by atoms with Crippen LogP contribution >= 0.6 is 15.9 Å². The highest BCUT2D eigenvalue weighted by Crippen LogP contribution is 2.07. The van der Waals surface area contributed by atoms with E-state index in [0.717, 1.165) is 25.9 Å². The monoisotopic (exact) mass is 249 g/mol. The van der Waals surface area contributed by atoms with E-state index in [4.69, 9.17) is 5.11 Å². The lowest BCUT2D eigenvalue weighted by Crippen LogP contribution is -2.20. The fourth-order valence-corrected chi connectivity index (χ4v) is 1.32. The first-order chi connectivity index (χ1) is 6.11. The van der Waals surface area contributed by atoms with Crippen LogP contribution in [0.5, 0.6) is 0 Å². The Morgan fingerprint density at radius 2 is 1.85 bits per heavy atom. The lowest BCUT2D eigenvalue weighted by atomic mass is 10.3. The second kappa shape index (κ2) is 6.95. The summed E-state index contributed by atoms with van der Waals surface area (Å²) < 4.78 is 0.217. The van der Waals surface area contributed by atoms with Crippen LogP contribution in [0.15, 0.2) is 10.7 Å². The number of rotatable bonds is 6. The van der Waals surface area contributed by atoms with Crippen molar-refractivity contribution in [3.05, 3.63) is 10.7 Å². The predicted octanol–water partition coefficient (Wildman–Crippen LogP) is 2.43. The molecule has 0 unspecified atom stereocenters. The van der Waals surface area contributed by atoms with Crippen molar-refractivity contribution in [2.24, 2.45) is 0 Å². The van der Waals surface area contributed by atoms with Gasteiger partial charge in [0.1, 0.15) is 4.48 Å². The van der Waals surface area contributed by atoms with Crippen molar-refractivity contribution >= 4 is 21.9 Å². The molecule has 0 saturated heterocycles. The van der Waals surface area contributed by atoms with Crippen LogP contribution in [0.2, 0.25) is 0 Å². The number of hydrogen-bond donors (Lipinski definition) is 1. The van der Waals surface area contributed by atoms with Gasteiger partial charge < -0.3 is 10.0 Å². The number of nitrogens with zero attached hydrogens (tertiary/aromatic N) is 1. The summed E-state index contributed by atoms with van der Waals surface area (Å²) in [5.41, 5.74) is 0. The van der Waals surface area contributed by atoms with Gasteiger partial charge in [-0.25, -0.2) is 4.79 Å². The number of carboxylic acids is 1. The fraction of sp³-hybridized carbons (Fsp3) is 0.667. The highest BCUT2D eigenvalue weighted by atomic mass is 79.9. The van der Waals surface area contributed by atoms with Gasteiger partial charge in [0.15, 0.2) is 0 Å². The molecule has 0 aromatic rings. The van der Waals surface area contributed by atoms with Gasteiger partial charge in [-0.3, -0.25) is 0 Å². The fourth-order valence-electron chi connectivity index (χ4n) is 1.03. The molecule has 3 nitrogen and oxygen atoms in total. The van der Waals surface area contributed by atoms with E-state index in [1.807, 2.05) is 4.90 Å². The Morgan fingerprint density at radius 1 is 1.38 bits per heavy atom. The smallest absolute Gasteiger partial charge is 0.344 e. The second-order valence-electron chi connectivity index (χ2n) is 2.82. The van der Waals surface area contributed by atoms with Crippen molar-refractivity contribution in [2.75, 3.05) is 13.1 Å². The molecule has 0 saturated carbocycles. The minimum atomic E-state index is -0.919. The third-order valence-corrected chi connectivity index (χ3v) is 2.07. The summed E-state index contributed by atoms with van der Waals surface area (Å²) in [5, 5.41) is 8.63. The molecule has 0 aliphatic carbocycles. The SMILES string of the molecule is CCCN(/C=C(\Br)C(=O)O)CCC. The van der Waals surface area contributed by atoms with Crippen molar-refractivity contribution in [2.45, 2.75) is 26.7 Å². The number of halogens is 1. The van der Waals surface area contributed by atoms with E-state index in [0.29, 0.717) is 0 Å². The molecule has 0 aromatic carbocycles. The Kier molecular flexibility index (Phi) is 6.68. The summed E-state index contributed by atoms with van der Waals surface area (Å²) in [6, 6.07) is 0. The highest BCUT2D eigenvalue weighted by Gasteiger charge is 2.04.